The van der Waals surface area contributed by atoms with E-state index in [0.29, 0.717) is 0 Å². The molecule has 3 N–H and O–H groups in total. The van der Waals surface area contributed by atoms with Crippen molar-refractivity contribution < 1.29 is 19.1 Å². The molecule has 0 aromatic carbocycles. The second-order valence-electron chi connectivity index (χ2n) is 4.35. The topological polar surface area (TPSA) is 98.5 Å². The summed E-state index contributed by atoms with van der Waals surface area (Å²) < 4.78 is 5.03. The fourth-order valence-electron chi connectivity index (χ4n) is 1.38. The highest BCUT2D eigenvalue weighted by Crippen LogP contribution is 2.10. The van der Waals surface area contributed by atoms with E-state index in [1.807, 2.05) is 22.1 Å². The molecule has 0 radical (unpaired) electrons. The molecule has 6 nitrogen and oxygen atoms in total. The average molecular weight is 296 g/mol. The first kappa shape index (κ1) is 15.9. The molecular formula is C13H16N2O4S. The summed E-state index contributed by atoms with van der Waals surface area (Å²) in [6, 6.07) is 0.860. The van der Waals surface area contributed by atoms with E-state index < -0.39 is 24.0 Å². The Labute approximate surface area is 120 Å². The van der Waals surface area contributed by atoms with Gasteiger partial charge in [0.05, 0.1) is 0 Å². The Morgan fingerprint density at radius 1 is 1.40 bits per heavy atom. The summed E-state index contributed by atoms with van der Waals surface area (Å²) in [5, 5.41) is 5.64. The van der Waals surface area contributed by atoms with Crippen LogP contribution in [-0.4, -0.2) is 24.0 Å². The lowest BCUT2D eigenvalue weighted by Crippen LogP contribution is -2.45. The van der Waals surface area contributed by atoms with E-state index >= 15 is 0 Å². The summed E-state index contributed by atoms with van der Waals surface area (Å²) in [7, 11) is 0. The number of amides is 3. The Morgan fingerprint density at radius 3 is 2.60 bits per heavy atom. The predicted molar refractivity (Wildman–Crippen MR) is 75.8 cm³/mol. The largest absolute Gasteiger partial charge is 0.449 e. The Bertz CT molecular complexity index is 508. The number of esters is 1. The van der Waals surface area contributed by atoms with Gasteiger partial charge in [0.25, 0.3) is 5.91 Å². The molecule has 0 bridgehead atoms. The van der Waals surface area contributed by atoms with Gasteiger partial charge < -0.3 is 10.5 Å². The molecule has 0 saturated carbocycles. The fraction of sp³-hybridized carbons (Fsp3) is 0.308. The number of nitrogens with one attached hydrogen (secondary N) is 1. The maximum absolute atomic E-state index is 11.7. The van der Waals surface area contributed by atoms with Crippen LogP contribution in [0.1, 0.15) is 19.4 Å². The van der Waals surface area contributed by atoms with E-state index in [9.17, 15) is 14.4 Å². The van der Waals surface area contributed by atoms with Gasteiger partial charge in [-0.1, -0.05) is 13.8 Å². The van der Waals surface area contributed by atoms with Crippen LogP contribution in [0.25, 0.3) is 6.08 Å². The lowest BCUT2D eigenvalue weighted by molar-refractivity contribution is -0.153. The second-order valence-corrected chi connectivity index (χ2v) is 5.13. The molecule has 1 aromatic heterocycles. The van der Waals surface area contributed by atoms with Crippen molar-refractivity contribution in [2.75, 3.05) is 0 Å². The third-order valence-corrected chi connectivity index (χ3v) is 3.01. The van der Waals surface area contributed by atoms with E-state index in [1.165, 1.54) is 17.4 Å². The van der Waals surface area contributed by atoms with Crippen LogP contribution < -0.4 is 11.1 Å². The first-order valence-electron chi connectivity index (χ1n) is 5.91. The van der Waals surface area contributed by atoms with E-state index in [2.05, 4.69) is 0 Å². The van der Waals surface area contributed by atoms with Crippen molar-refractivity contribution in [3.05, 3.63) is 28.5 Å². The highest BCUT2D eigenvalue weighted by atomic mass is 32.1. The molecule has 0 unspecified atom stereocenters. The number of imide groups is 1. The zero-order chi connectivity index (χ0) is 15.1. The molecule has 1 aromatic rings. The lowest BCUT2D eigenvalue weighted by Gasteiger charge is -2.18. The number of carbonyl (C=O) groups excluding carboxylic acids is 3. The van der Waals surface area contributed by atoms with Gasteiger partial charge >= 0.3 is 12.0 Å². The fourth-order valence-corrected chi connectivity index (χ4v) is 2.01. The number of urea groups is 1. The molecule has 1 heterocycles. The number of thiophene rings is 1. The highest BCUT2D eigenvalue weighted by Gasteiger charge is 2.26. The van der Waals surface area contributed by atoms with Crippen LogP contribution in [0.5, 0.6) is 0 Å². The van der Waals surface area contributed by atoms with Crippen LogP contribution >= 0.6 is 11.3 Å². The monoisotopic (exact) mass is 296 g/mol. The highest BCUT2D eigenvalue weighted by molar-refractivity contribution is 7.08. The summed E-state index contributed by atoms with van der Waals surface area (Å²) in [6.07, 6.45) is 1.75. The Hall–Kier alpha value is -2.15. The van der Waals surface area contributed by atoms with Crippen LogP contribution in [0.15, 0.2) is 22.9 Å². The maximum atomic E-state index is 11.7. The molecule has 0 aliphatic carbocycles. The van der Waals surface area contributed by atoms with Crippen LogP contribution in [0.2, 0.25) is 0 Å². The quantitative estimate of drug-likeness (QED) is 0.635. The number of hydrogen-bond donors (Lipinski definition) is 2. The third kappa shape index (κ3) is 5.23. The van der Waals surface area contributed by atoms with Crippen molar-refractivity contribution in [1.29, 1.82) is 0 Å². The summed E-state index contributed by atoms with van der Waals surface area (Å²) in [5.74, 6) is -1.67. The van der Waals surface area contributed by atoms with Crippen molar-refractivity contribution in [2.45, 2.75) is 20.0 Å². The summed E-state index contributed by atoms with van der Waals surface area (Å²) in [4.78, 5) is 33.9. The first-order valence-corrected chi connectivity index (χ1v) is 6.85. The minimum Gasteiger partial charge on any atom is -0.449 e. The number of carbonyl (C=O) groups is 3. The van der Waals surface area contributed by atoms with Crippen molar-refractivity contribution >= 4 is 35.3 Å². The molecule has 1 atom stereocenters. The molecule has 7 heteroatoms. The van der Waals surface area contributed by atoms with Gasteiger partial charge in [0.2, 0.25) is 0 Å². The number of ether oxygens (including phenoxy) is 1. The van der Waals surface area contributed by atoms with Gasteiger partial charge in [-0.05, 0) is 34.4 Å². The Morgan fingerprint density at radius 2 is 2.10 bits per heavy atom. The zero-order valence-electron chi connectivity index (χ0n) is 11.2. The SMILES string of the molecule is CC(C)[C@@H](OC(=O)/C=C/c1ccsc1)C(=O)NC(N)=O. The Kier molecular flexibility index (Phi) is 5.92. The van der Waals surface area contributed by atoms with Gasteiger partial charge in [-0.25, -0.2) is 9.59 Å². The maximum Gasteiger partial charge on any atom is 0.331 e. The van der Waals surface area contributed by atoms with Crippen molar-refractivity contribution in [3.8, 4) is 0 Å². The third-order valence-electron chi connectivity index (χ3n) is 2.31. The normalized spacial score (nSPS) is 12.3. The molecule has 20 heavy (non-hydrogen) atoms. The standard InChI is InChI=1S/C13H16N2O4S/c1-8(2)11(12(17)15-13(14)18)19-10(16)4-3-9-5-6-20-7-9/h3-8,11H,1-2H3,(H3,14,15,17,18)/b4-3+/t11-/m1/s1. The van der Waals surface area contributed by atoms with E-state index in [4.69, 9.17) is 10.5 Å². The lowest BCUT2D eigenvalue weighted by atomic mass is 10.1. The summed E-state index contributed by atoms with van der Waals surface area (Å²) in [5.41, 5.74) is 5.73. The molecule has 0 spiro atoms. The molecule has 0 aliphatic heterocycles. The van der Waals surface area contributed by atoms with Gasteiger partial charge in [0.1, 0.15) is 0 Å². The molecule has 3 amide bonds. The number of nitrogens with two attached hydrogens (primary N) is 1. The van der Waals surface area contributed by atoms with Gasteiger partial charge in [0, 0.05) is 6.08 Å². The molecule has 0 saturated heterocycles. The van der Waals surface area contributed by atoms with E-state index in [0.717, 1.165) is 5.56 Å². The number of primary amides is 1. The van der Waals surface area contributed by atoms with Crippen molar-refractivity contribution in [1.82, 2.24) is 5.32 Å². The Balaban J connectivity index is 2.63. The minimum absolute atomic E-state index is 0.284. The number of rotatable bonds is 5. The van der Waals surface area contributed by atoms with Gasteiger partial charge in [-0.15, -0.1) is 0 Å². The van der Waals surface area contributed by atoms with Crippen LogP contribution in [0.4, 0.5) is 4.79 Å². The van der Waals surface area contributed by atoms with Gasteiger partial charge in [-0.3, -0.25) is 10.1 Å². The minimum atomic E-state index is -1.07. The molecule has 108 valence electrons. The van der Waals surface area contributed by atoms with E-state index in [1.54, 1.807) is 19.9 Å². The molecule has 0 fully saturated rings. The van der Waals surface area contributed by atoms with Crippen molar-refractivity contribution in [3.63, 3.8) is 0 Å². The number of hydrogen-bond acceptors (Lipinski definition) is 5. The summed E-state index contributed by atoms with van der Waals surface area (Å²) >= 11 is 1.50. The predicted octanol–water partition coefficient (Wildman–Crippen LogP) is 1.52. The van der Waals surface area contributed by atoms with Gasteiger partial charge in [-0.2, -0.15) is 11.3 Å². The second kappa shape index (κ2) is 7.44. The van der Waals surface area contributed by atoms with Gasteiger partial charge in [0.15, 0.2) is 6.10 Å². The molecule has 0 aliphatic rings. The zero-order valence-corrected chi connectivity index (χ0v) is 12.0. The molecular weight excluding hydrogens is 280 g/mol. The van der Waals surface area contributed by atoms with E-state index in [-0.39, 0.29) is 5.92 Å². The average Bonchev–Trinajstić information content (AvgIpc) is 2.85. The smallest absolute Gasteiger partial charge is 0.331 e. The van der Waals surface area contributed by atoms with Crippen LogP contribution in [0.3, 0.4) is 0 Å². The van der Waals surface area contributed by atoms with Crippen LogP contribution in [0, 0.1) is 5.92 Å². The van der Waals surface area contributed by atoms with Crippen molar-refractivity contribution in [2.24, 2.45) is 11.7 Å². The first-order chi connectivity index (χ1) is 9.40. The summed E-state index contributed by atoms with van der Waals surface area (Å²) in [6.45, 7) is 3.39. The molecule has 1 rings (SSSR count). The van der Waals surface area contributed by atoms with Crippen LogP contribution in [-0.2, 0) is 14.3 Å².